The zero-order chi connectivity index (χ0) is 11.0. The van der Waals surface area contributed by atoms with E-state index in [1.54, 1.807) is 0 Å². The lowest BCUT2D eigenvalue weighted by atomic mass is 10.3. The SMILES string of the molecule is NCCC[P+](=O)OCCCC(F)(F)F. The highest BCUT2D eigenvalue weighted by Crippen LogP contribution is 2.25. The van der Waals surface area contributed by atoms with Crippen LogP contribution in [0.4, 0.5) is 13.2 Å². The van der Waals surface area contributed by atoms with Gasteiger partial charge in [0.2, 0.25) is 0 Å². The fourth-order valence-corrected chi connectivity index (χ4v) is 1.63. The number of nitrogens with two attached hydrogens (primary N) is 1. The maximum Gasteiger partial charge on any atom is 0.508 e. The molecule has 3 nitrogen and oxygen atoms in total. The van der Waals surface area contributed by atoms with Crippen LogP contribution >= 0.6 is 8.03 Å². The van der Waals surface area contributed by atoms with Crippen LogP contribution in [0.5, 0.6) is 0 Å². The van der Waals surface area contributed by atoms with Crippen LogP contribution in [-0.4, -0.2) is 25.5 Å². The summed E-state index contributed by atoms with van der Waals surface area (Å²) in [5.41, 5.74) is 5.16. The standard InChI is InChI=1S/C7H14F3NO2P/c8-7(9,10)3-1-5-13-14(12)6-2-4-11/h1-6,11H2/q+1. The minimum absolute atomic E-state index is 0.112. The van der Waals surface area contributed by atoms with Gasteiger partial charge < -0.3 is 5.73 Å². The molecule has 0 aliphatic rings. The van der Waals surface area contributed by atoms with Crippen molar-refractivity contribution in [3.63, 3.8) is 0 Å². The number of alkyl halides is 3. The molecule has 0 aromatic rings. The Morgan fingerprint density at radius 1 is 1.29 bits per heavy atom. The molecule has 0 aromatic heterocycles. The van der Waals surface area contributed by atoms with Crippen LogP contribution in [0.3, 0.4) is 0 Å². The average Bonchev–Trinajstić information content (AvgIpc) is 2.07. The maximum absolute atomic E-state index is 11.6. The van der Waals surface area contributed by atoms with E-state index in [0.717, 1.165) is 0 Å². The quantitative estimate of drug-likeness (QED) is 0.541. The van der Waals surface area contributed by atoms with Crippen LogP contribution in [0.2, 0.25) is 0 Å². The van der Waals surface area contributed by atoms with Crippen LogP contribution in [-0.2, 0) is 9.09 Å². The molecule has 0 fully saturated rings. The summed E-state index contributed by atoms with van der Waals surface area (Å²) in [6, 6.07) is 0. The van der Waals surface area contributed by atoms with Crippen molar-refractivity contribution < 1.29 is 22.3 Å². The Bertz CT molecular complexity index is 175. The lowest BCUT2D eigenvalue weighted by Gasteiger charge is -2.02. The fraction of sp³-hybridized carbons (Fsp3) is 1.00. The third-order valence-corrected chi connectivity index (χ3v) is 2.54. The van der Waals surface area contributed by atoms with Gasteiger partial charge in [0.15, 0.2) is 6.16 Å². The molecule has 7 heteroatoms. The summed E-state index contributed by atoms with van der Waals surface area (Å²) in [5, 5.41) is 0. The van der Waals surface area contributed by atoms with Crippen molar-refractivity contribution in [1.29, 1.82) is 0 Å². The Kier molecular flexibility index (Phi) is 7.05. The molecule has 0 aromatic carbocycles. The largest absolute Gasteiger partial charge is 0.508 e. The highest BCUT2D eigenvalue weighted by molar-refractivity contribution is 7.39. The van der Waals surface area contributed by atoms with Crippen molar-refractivity contribution in [2.45, 2.75) is 25.4 Å². The Labute approximate surface area is 81.7 Å². The average molecular weight is 232 g/mol. The van der Waals surface area contributed by atoms with Gasteiger partial charge >= 0.3 is 14.2 Å². The Hall–Kier alpha value is -0.190. The molecule has 1 atom stereocenters. The van der Waals surface area contributed by atoms with E-state index in [0.29, 0.717) is 19.1 Å². The third kappa shape index (κ3) is 9.89. The normalized spacial score (nSPS) is 13.0. The predicted molar refractivity (Wildman–Crippen MR) is 47.4 cm³/mol. The summed E-state index contributed by atoms with van der Waals surface area (Å²) in [7, 11) is -1.83. The molecule has 0 spiro atoms. The number of hydrogen-bond donors (Lipinski definition) is 1. The molecule has 0 bridgehead atoms. The second kappa shape index (κ2) is 7.15. The first-order valence-corrected chi connectivity index (χ1v) is 5.66. The van der Waals surface area contributed by atoms with E-state index in [1.165, 1.54) is 0 Å². The molecular formula is C7H14F3NO2P+. The molecule has 2 N–H and O–H groups in total. The molecule has 1 unspecified atom stereocenters. The van der Waals surface area contributed by atoms with E-state index in [-0.39, 0.29) is 13.0 Å². The van der Waals surface area contributed by atoms with Crippen LogP contribution < -0.4 is 5.73 Å². The molecule has 0 saturated carbocycles. The van der Waals surface area contributed by atoms with Crippen LogP contribution in [0.25, 0.3) is 0 Å². The van der Waals surface area contributed by atoms with Gasteiger partial charge in [0.25, 0.3) is 0 Å². The van der Waals surface area contributed by atoms with Gasteiger partial charge in [-0.2, -0.15) is 13.2 Å². The lowest BCUT2D eigenvalue weighted by Crippen LogP contribution is -2.08. The van der Waals surface area contributed by atoms with Gasteiger partial charge in [0, 0.05) is 12.8 Å². The molecule has 0 heterocycles. The lowest BCUT2D eigenvalue weighted by molar-refractivity contribution is -0.136. The monoisotopic (exact) mass is 232 g/mol. The topological polar surface area (TPSA) is 52.3 Å². The molecule has 0 saturated heterocycles. The fourth-order valence-electron chi connectivity index (χ4n) is 0.724. The maximum atomic E-state index is 11.6. The Balaban J connectivity index is 3.32. The summed E-state index contributed by atoms with van der Waals surface area (Å²) >= 11 is 0. The summed E-state index contributed by atoms with van der Waals surface area (Å²) in [4.78, 5) is 0. The first-order valence-electron chi connectivity index (χ1n) is 4.30. The first-order chi connectivity index (χ1) is 6.45. The van der Waals surface area contributed by atoms with Crippen molar-refractivity contribution in [3.8, 4) is 0 Å². The minimum atomic E-state index is -4.16. The molecule has 0 aliphatic heterocycles. The van der Waals surface area contributed by atoms with E-state index >= 15 is 0 Å². The number of halogens is 3. The molecule has 84 valence electrons. The second-order valence-electron chi connectivity index (χ2n) is 2.75. The van der Waals surface area contributed by atoms with E-state index in [2.05, 4.69) is 0 Å². The number of rotatable bonds is 7. The van der Waals surface area contributed by atoms with Gasteiger partial charge in [-0.3, -0.25) is 0 Å². The van der Waals surface area contributed by atoms with Gasteiger partial charge in [0.1, 0.15) is 6.61 Å². The molecule has 0 rings (SSSR count). The summed E-state index contributed by atoms with van der Waals surface area (Å²) in [6.45, 7) is 0.298. The smallest absolute Gasteiger partial charge is 0.330 e. The summed E-state index contributed by atoms with van der Waals surface area (Å²) in [5.74, 6) is 0. The molecule has 0 amide bonds. The molecule has 0 radical (unpaired) electrons. The van der Waals surface area contributed by atoms with Crippen LogP contribution in [0, 0.1) is 0 Å². The van der Waals surface area contributed by atoms with Gasteiger partial charge in [-0.25, -0.2) is 0 Å². The summed E-state index contributed by atoms with van der Waals surface area (Å²) in [6.07, 6.45) is -4.32. The van der Waals surface area contributed by atoms with Crippen LogP contribution in [0.15, 0.2) is 0 Å². The zero-order valence-electron chi connectivity index (χ0n) is 7.72. The van der Waals surface area contributed by atoms with Crippen LogP contribution in [0.1, 0.15) is 19.3 Å². The molecule has 14 heavy (non-hydrogen) atoms. The second-order valence-corrected chi connectivity index (χ2v) is 4.12. The molecular weight excluding hydrogens is 218 g/mol. The highest BCUT2D eigenvalue weighted by atomic mass is 31.1. The van der Waals surface area contributed by atoms with E-state index < -0.39 is 20.6 Å². The molecule has 0 aliphatic carbocycles. The van der Waals surface area contributed by atoms with Gasteiger partial charge in [0.05, 0.1) is 0 Å². The van der Waals surface area contributed by atoms with Crippen molar-refractivity contribution in [3.05, 3.63) is 0 Å². The number of hydrogen-bond acceptors (Lipinski definition) is 3. The third-order valence-electron chi connectivity index (χ3n) is 1.38. The predicted octanol–water partition coefficient (Wildman–Crippen LogP) is 2.44. The highest BCUT2D eigenvalue weighted by Gasteiger charge is 2.27. The van der Waals surface area contributed by atoms with Crippen molar-refractivity contribution in [2.24, 2.45) is 5.73 Å². The zero-order valence-corrected chi connectivity index (χ0v) is 8.61. The summed E-state index contributed by atoms with van der Waals surface area (Å²) < 4.78 is 50.5. The minimum Gasteiger partial charge on any atom is -0.330 e. The van der Waals surface area contributed by atoms with Crippen molar-refractivity contribution in [2.75, 3.05) is 19.3 Å². The van der Waals surface area contributed by atoms with E-state index in [1.807, 2.05) is 0 Å². The van der Waals surface area contributed by atoms with Gasteiger partial charge in [-0.15, -0.1) is 4.52 Å². The van der Waals surface area contributed by atoms with Crippen molar-refractivity contribution >= 4 is 8.03 Å². The van der Waals surface area contributed by atoms with Gasteiger partial charge in [-0.05, 0) is 17.5 Å². The first kappa shape index (κ1) is 13.8. The van der Waals surface area contributed by atoms with Crippen molar-refractivity contribution in [1.82, 2.24) is 0 Å². The van der Waals surface area contributed by atoms with Gasteiger partial charge in [-0.1, -0.05) is 0 Å². The van der Waals surface area contributed by atoms with E-state index in [9.17, 15) is 17.7 Å². The Morgan fingerprint density at radius 2 is 1.93 bits per heavy atom. The Morgan fingerprint density at radius 3 is 2.43 bits per heavy atom. The van der Waals surface area contributed by atoms with E-state index in [4.69, 9.17) is 10.3 Å².